The van der Waals surface area contributed by atoms with E-state index in [2.05, 4.69) is 5.32 Å². The summed E-state index contributed by atoms with van der Waals surface area (Å²) in [5, 5.41) is 53.3. The number of carbonyl (C=O) groups is 1. The highest BCUT2D eigenvalue weighted by molar-refractivity contribution is 5.79. The van der Waals surface area contributed by atoms with Gasteiger partial charge >= 0.3 is 0 Å². The molecule has 11 nitrogen and oxygen atoms in total. The van der Waals surface area contributed by atoms with E-state index in [1.54, 1.807) is 13.8 Å². The first-order valence-electron chi connectivity index (χ1n) is 11.4. The van der Waals surface area contributed by atoms with Crippen LogP contribution >= 0.6 is 0 Å². The molecule has 2 aliphatic heterocycles. The van der Waals surface area contributed by atoms with Crippen LogP contribution in [0.3, 0.4) is 0 Å². The van der Waals surface area contributed by atoms with Gasteiger partial charge in [-0.2, -0.15) is 0 Å². The fraction of sp³-hybridized carbons (Fsp3) is 0.952. The number of amides is 1. The first-order valence-corrected chi connectivity index (χ1v) is 11.4. The normalized spacial score (nSPS) is 40.4. The zero-order valence-corrected chi connectivity index (χ0v) is 19.2. The standard InChI is InChI=1S/C21H39NO10/c1-5-11(6-2)19(27)22-14-16(26)15(25)12(8-23)31-21(14)32-18-13(9-24)30-20(28)10(4)17(18)29-7-3/h10-18,20-21,23-26,28H,5-9H2,1-4H3,(H,22,27)/t10?,12?,13?,14?,15-,16+,17+,18-,20?,21-/m0/s1. The van der Waals surface area contributed by atoms with Crippen molar-refractivity contribution in [1.82, 2.24) is 5.32 Å². The summed E-state index contributed by atoms with van der Waals surface area (Å²) in [6.07, 6.45) is -7.93. The highest BCUT2D eigenvalue weighted by Gasteiger charge is 2.51. The summed E-state index contributed by atoms with van der Waals surface area (Å²) in [4.78, 5) is 12.7. The van der Waals surface area contributed by atoms with E-state index in [9.17, 15) is 30.3 Å². The van der Waals surface area contributed by atoms with Gasteiger partial charge in [-0.05, 0) is 19.8 Å². The molecule has 32 heavy (non-hydrogen) atoms. The average molecular weight is 466 g/mol. The minimum Gasteiger partial charge on any atom is -0.394 e. The smallest absolute Gasteiger partial charge is 0.223 e. The first kappa shape index (κ1) is 27.4. The molecule has 6 N–H and O–H groups in total. The topological polar surface area (TPSA) is 167 Å². The molecule has 0 spiro atoms. The van der Waals surface area contributed by atoms with Gasteiger partial charge in [-0.25, -0.2) is 0 Å². The van der Waals surface area contributed by atoms with Gasteiger partial charge in [0.2, 0.25) is 5.91 Å². The molecule has 0 aromatic rings. The van der Waals surface area contributed by atoms with Gasteiger partial charge in [0.1, 0.15) is 36.6 Å². The number of nitrogens with one attached hydrogen (secondary N) is 1. The van der Waals surface area contributed by atoms with Gasteiger partial charge in [-0.1, -0.05) is 20.8 Å². The van der Waals surface area contributed by atoms with Crippen LogP contribution in [0.5, 0.6) is 0 Å². The Balaban J connectivity index is 2.31. The number of hydrogen-bond acceptors (Lipinski definition) is 10. The summed E-state index contributed by atoms with van der Waals surface area (Å²) in [7, 11) is 0. The summed E-state index contributed by atoms with van der Waals surface area (Å²) in [6, 6.07) is -1.15. The molecular formula is C21H39NO10. The fourth-order valence-electron chi connectivity index (χ4n) is 4.25. The zero-order chi connectivity index (χ0) is 24.0. The van der Waals surface area contributed by atoms with Crippen molar-refractivity contribution in [2.24, 2.45) is 11.8 Å². The van der Waals surface area contributed by atoms with E-state index in [-0.39, 0.29) is 11.8 Å². The van der Waals surface area contributed by atoms with Crippen LogP contribution in [0.4, 0.5) is 0 Å². The van der Waals surface area contributed by atoms with E-state index in [1.165, 1.54) is 0 Å². The molecule has 2 fully saturated rings. The summed E-state index contributed by atoms with van der Waals surface area (Å²) < 4.78 is 23.0. The highest BCUT2D eigenvalue weighted by atomic mass is 16.7. The van der Waals surface area contributed by atoms with E-state index in [1.807, 2.05) is 13.8 Å². The molecule has 2 aliphatic rings. The van der Waals surface area contributed by atoms with E-state index in [0.29, 0.717) is 19.4 Å². The summed E-state index contributed by atoms with van der Waals surface area (Å²) in [5.74, 6) is -1.13. The Labute approximate surface area is 188 Å². The van der Waals surface area contributed by atoms with Gasteiger partial charge in [0.25, 0.3) is 0 Å². The molecule has 0 aromatic heterocycles. The van der Waals surface area contributed by atoms with E-state index in [4.69, 9.17) is 18.9 Å². The fourth-order valence-corrected chi connectivity index (χ4v) is 4.25. The molecule has 0 aromatic carbocycles. The second-order valence-corrected chi connectivity index (χ2v) is 8.38. The highest BCUT2D eigenvalue weighted by Crippen LogP contribution is 2.32. The van der Waals surface area contributed by atoms with E-state index in [0.717, 1.165) is 0 Å². The van der Waals surface area contributed by atoms with Crippen molar-refractivity contribution in [2.45, 2.75) is 95.8 Å². The number of hydrogen-bond donors (Lipinski definition) is 6. The molecule has 0 radical (unpaired) electrons. The van der Waals surface area contributed by atoms with Crippen LogP contribution in [0.2, 0.25) is 0 Å². The summed E-state index contributed by atoms with van der Waals surface area (Å²) in [5.41, 5.74) is 0. The van der Waals surface area contributed by atoms with Crippen LogP contribution in [0.15, 0.2) is 0 Å². The minimum atomic E-state index is -1.48. The third-order valence-electron chi connectivity index (χ3n) is 6.35. The second-order valence-electron chi connectivity index (χ2n) is 8.38. The third-order valence-corrected chi connectivity index (χ3v) is 6.35. The lowest BCUT2D eigenvalue weighted by atomic mass is 9.91. The number of carbonyl (C=O) groups excluding carboxylic acids is 1. The Bertz CT molecular complexity index is 577. The second kappa shape index (κ2) is 12.5. The molecular weight excluding hydrogens is 426 g/mol. The molecule has 5 unspecified atom stereocenters. The van der Waals surface area contributed by atoms with Crippen molar-refractivity contribution in [3.63, 3.8) is 0 Å². The molecule has 2 rings (SSSR count). The Morgan fingerprint density at radius 1 is 0.969 bits per heavy atom. The maximum atomic E-state index is 12.7. The van der Waals surface area contributed by atoms with Crippen LogP contribution < -0.4 is 5.32 Å². The van der Waals surface area contributed by atoms with Crippen LogP contribution in [0.25, 0.3) is 0 Å². The predicted molar refractivity (Wildman–Crippen MR) is 111 cm³/mol. The van der Waals surface area contributed by atoms with Crippen molar-refractivity contribution >= 4 is 5.91 Å². The van der Waals surface area contributed by atoms with Gasteiger partial charge in [0.05, 0.1) is 19.3 Å². The average Bonchev–Trinajstić information content (AvgIpc) is 2.78. The first-order chi connectivity index (χ1) is 15.2. The monoisotopic (exact) mass is 465 g/mol. The van der Waals surface area contributed by atoms with Crippen molar-refractivity contribution in [1.29, 1.82) is 0 Å². The molecule has 0 aliphatic carbocycles. The van der Waals surface area contributed by atoms with E-state index >= 15 is 0 Å². The lowest BCUT2D eigenvalue weighted by molar-refractivity contribution is -0.337. The Hall–Kier alpha value is -0.890. The van der Waals surface area contributed by atoms with Gasteiger partial charge < -0.3 is 49.8 Å². The number of aliphatic hydroxyl groups excluding tert-OH is 5. The largest absolute Gasteiger partial charge is 0.394 e. The minimum absolute atomic E-state index is 0.301. The molecule has 10 atom stereocenters. The maximum Gasteiger partial charge on any atom is 0.223 e. The molecule has 2 saturated heterocycles. The molecule has 2 heterocycles. The van der Waals surface area contributed by atoms with Crippen molar-refractivity contribution < 1.29 is 49.3 Å². The van der Waals surface area contributed by atoms with Crippen LogP contribution in [-0.4, -0.2) is 107 Å². The molecule has 188 valence electrons. The van der Waals surface area contributed by atoms with E-state index < -0.39 is 74.4 Å². The number of ether oxygens (including phenoxy) is 4. The number of rotatable bonds is 10. The lowest BCUT2D eigenvalue weighted by Crippen LogP contribution is -2.67. The SMILES string of the molecule is CCO[C@@H]1C(C)C(O)OC(CO)[C@@H]1O[C@@H]1OC(CO)[C@H](O)[C@H](O)C1NC(=O)C(CC)CC. The third kappa shape index (κ3) is 5.96. The Morgan fingerprint density at radius 3 is 2.12 bits per heavy atom. The molecule has 1 amide bonds. The van der Waals surface area contributed by atoms with Crippen molar-refractivity contribution in [2.75, 3.05) is 19.8 Å². The zero-order valence-electron chi connectivity index (χ0n) is 19.2. The molecule has 11 heteroatoms. The van der Waals surface area contributed by atoms with Gasteiger partial charge in [-0.3, -0.25) is 4.79 Å². The number of aliphatic hydroxyl groups is 5. The lowest BCUT2D eigenvalue weighted by Gasteiger charge is -2.48. The van der Waals surface area contributed by atoms with Crippen LogP contribution in [-0.2, 0) is 23.7 Å². The summed E-state index contributed by atoms with van der Waals surface area (Å²) >= 11 is 0. The maximum absolute atomic E-state index is 12.7. The van der Waals surface area contributed by atoms with Gasteiger partial charge in [-0.15, -0.1) is 0 Å². The Morgan fingerprint density at radius 2 is 1.59 bits per heavy atom. The van der Waals surface area contributed by atoms with Crippen LogP contribution in [0, 0.1) is 11.8 Å². The van der Waals surface area contributed by atoms with Gasteiger partial charge in [0.15, 0.2) is 12.6 Å². The van der Waals surface area contributed by atoms with Crippen molar-refractivity contribution in [3.8, 4) is 0 Å². The predicted octanol–water partition coefficient (Wildman–Crippen LogP) is -1.52. The van der Waals surface area contributed by atoms with Gasteiger partial charge in [0, 0.05) is 18.4 Å². The van der Waals surface area contributed by atoms with Crippen molar-refractivity contribution in [3.05, 3.63) is 0 Å². The molecule has 0 bridgehead atoms. The molecule has 0 saturated carbocycles. The summed E-state index contributed by atoms with van der Waals surface area (Å²) in [6.45, 7) is 6.47. The Kier molecular flexibility index (Phi) is 10.7. The quantitative estimate of drug-likeness (QED) is 0.223. The van der Waals surface area contributed by atoms with Crippen LogP contribution in [0.1, 0.15) is 40.5 Å².